The molecule has 0 aromatic rings. The summed E-state index contributed by atoms with van der Waals surface area (Å²) in [7, 11) is 0. The summed E-state index contributed by atoms with van der Waals surface area (Å²) < 4.78 is 0. The summed E-state index contributed by atoms with van der Waals surface area (Å²) in [6, 6.07) is 0. The Labute approximate surface area is 114 Å². The van der Waals surface area contributed by atoms with Crippen molar-refractivity contribution in [3.05, 3.63) is 23.8 Å². The smallest absolute Gasteiger partial charge is 0.171 e. The monoisotopic (exact) mass is 268 g/mol. The molecule has 1 rings (SSSR count). The van der Waals surface area contributed by atoms with E-state index < -0.39 is 29.5 Å². The second-order valence-electron chi connectivity index (χ2n) is 5.81. The molecule has 1 saturated carbocycles. The molecule has 4 atom stereocenters. The van der Waals surface area contributed by atoms with Gasteiger partial charge in [0.1, 0.15) is 11.7 Å². The number of allylic oxidation sites excluding steroid dienone is 3. The van der Waals surface area contributed by atoms with Crippen molar-refractivity contribution < 1.29 is 20.1 Å². The van der Waals surface area contributed by atoms with Gasteiger partial charge in [0.05, 0.1) is 6.10 Å². The van der Waals surface area contributed by atoms with Crippen LogP contribution in [0.4, 0.5) is 0 Å². The summed E-state index contributed by atoms with van der Waals surface area (Å²) in [5.41, 5.74) is 0.134. The Hall–Kier alpha value is -0.970. The van der Waals surface area contributed by atoms with Gasteiger partial charge in [0, 0.05) is 5.92 Å². The zero-order chi connectivity index (χ0) is 14.8. The third kappa shape index (κ3) is 3.53. The first-order valence-electron chi connectivity index (χ1n) is 6.61. The Kier molecular flexibility index (Phi) is 5.07. The second kappa shape index (κ2) is 5.99. The third-order valence-corrected chi connectivity index (χ3v) is 3.81. The van der Waals surface area contributed by atoms with Gasteiger partial charge in [-0.15, -0.1) is 0 Å². The van der Waals surface area contributed by atoms with Gasteiger partial charge in [0.2, 0.25) is 0 Å². The molecule has 4 heteroatoms. The molecule has 0 aromatic heterocycles. The Morgan fingerprint density at radius 3 is 2.58 bits per heavy atom. The first kappa shape index (κ1) is 16.1. The van der Waals surface area contributed by atoms with Crippen LogP contribution in [0.2, 0.25) is 0 Å². The van der Waals surface area contributed by atoms with Gasteiger partial charge in [-0.25, -0.2) is 0 Å². The number of aliphatic hydroxyl groups is 3. The lowest BCUT2D eigenvalue weighted by atomic mass is 9.71. The maximum Gasteiger partial charge on any atom is 0.171 e. The summed E-state index contributed by atoms with van der Waals surface area (Å²) in [4.78, 5) is 12.0. The molecule has 4 nitrogen and oxygen atoms in total. The van der Waals surface area contributed by atoms with Gasteiger partial charge < -0.3 is 15.3 Å². The van der Waals surface area contributed by atoms with Gasteiger partial charge in [-0.3, -0.25) is 4.79 Å². The normalized spacial score (nSPS) is 35.1. The van der Waals surface area contributed by atoms with Gasteiger partial charge in [-0.1, -0.05) is 23.8 Å². The lowest BCUT2D eigenvalue weighted by molar-refractivity contribution is -0.177. The third-order valence-electron chi connectivity index (χ3n) is 3.81. The minimum absolute atomic E-state index is 0.122. The number of rotatable bonds is 4. The van der Waals surface area contributed by atoms with Crippen molar-refractivity contribution in [3.8, 4) is 0 Å². The van der Waals surface area contributed by atoms with Crippen molar-refractivity contribution in [2.24, 2.45) is 5.92 Å². The van der Waals surface area contributed by atoms with E-state index in [1.807, 2.05) is 13.8 Å². The molecule has 1 fully saturated rings. The molecule has 0 aromatic carbocycles. The number of aliphatic hydroxyl groups excluding tert-OH is 2. The molecule has 0 aliphatic heterocycles. The van der Waals surface area contributed by atoms with Gasteiger partial charge in [-0.2, -0.15) is 0 Å². The largest absolute Gasteiger partial charge is 0.390 e. The van der Waals surface area contributed by atoms with Crippen molar-refractivity contribution in [2.75, 3.05) is 0 Å². The SMILES string of the molecule is C=C(CCC=C(C)C)[C@H]1C[C@@H](O)[C@](C)(O)[C@@H](O)C1=O. The molecule has 108 valence electrons. The highest BCUT2D eigenvalue weighted by Crippen LogP contribution is 2.34. The summed E-state index contributed by atoms with van der Waals surface area (Å²) in [5.74, 6) is -1.02. The lowest BCUT2D eigenvalue weighted by Crippen LogP contribution is -2.59. The minimum Gasteiger partial charge on any atom is -0.390 e. The van der Waals surface area contributed by atoms with Crippen LogP contribution in [0.15, 0.2) is 23.8 Å². The number of hydrogen-bond acceptors (Lipinski definition) is 4. The van der Waals surface area contributed by atoms with Crippen LogP contribution in [-0.4, -0.2) is 38.9 Å². The first-order chi connectivity index (χ1) is 8.67. The predicted molar refractivity (Wildman–Crippen MR) is 73.6 cm³/mol. The molecular weight excluding hydrogens is 244 g/mol. The van der Waals surface area contributed by atoms with E-state index in [0.717, 1.165) is 6.42 Å². The van der Waals surface area contributed by atoms with Crippen LogP contribution in [0.25, 0.3) is 0 Å². The highest BCUT2D eigenvalue weighted by Gasteiger charge is 2.50. The van der Waals surface area contributed by atoms with E-state index in [-0.39, 0.29) is 6.42 Å². The minimum atomic E-state index is -1.77. The summed E-state index contributed by atoms with van der Waals surface area (Å²) in [6.07, 6.45) is 0.932. The first-order valence-corrected chi connectivity index (χ1v) is 6.61. The average Bonchev–Trinajstić information content (AvgIpc) is 2.31. The molecule has 1 aliphatic rings. The van der Waals surface area contributed by atoms with Crippen LogP contribution in [0.1, 0.15) is 40.0 Å². The fourth-order valence-corrected chi connectivity index (χ4v) is 2.33. The standard InChI is InChI=1S/C15H24O4/c1-9(2)6-5-7-10(3)11-8-12(16)15(4,19)14(18)13(11)17/h6,11-12,14,16,18-19H,3,5,7-8H2,1-2,4H3/t11-,12-,14+,15+/m1/s1. The number of carbonyl (C=O) groups excluding carboxylic acids is 1. The van der Waals surface area contributed by atoms with Crippen molar-refractivity contribution in [1.82, 2.24) is 0 Å². The highest BCUT2D eigenvalue weighted by atomic mass is 16.4. The van der Waals surface area contributed by atoms with E-state index in [0.29, 0.717) is 12.0 Å². The molecule has 0 saturated heterocycles. The van der Waals surface area contributed by atoms with E-state index in [1.54, 1.807) is 0 Å². The van der Waals surface area contributed by atoms with Gasteiger partial charge in [0.15, 0.2) is 5.78 Å². The Balaban J connectivity index is 2.72. The molecule has 0 bridgehead atoms. The van der Waals surface area contributed by atoms with Crippen LogP contribution in [0.5, 0.6) is 0 Å². The number of ketones is 1. The Morgan fingerprint density at radius 1 is 1.47 bits per heavy atom. The summed E-state index contributed by atoms with van der Waals surface area (Å²) in [5, 5.41) is 29.5. The zero-order valence-electron chi connectivity index (χ0n) is 11.9. The molecule has 19 heavy (non-hydrogen) atoms. The molecular formula is C15H24O4. The maximum absolute atomic E-state index is 12.0. The quantitative estimate of drug-likeness (QED) is 0.673. The van der Waals surface area contributed by atoms with E-state index in [9.17, 15) is 20.1 Å². The van der Waals surface area contributed by atoms with Crippen molar-refractivity contribution in [2.45, 2.75) is 57.8 Å². The van der Waals surface area contributed by atoms with E-state index in [4.69, 9.17) is 0 Å². The molecule has 3 N–H and O–H groups in total. The van der Waals surface area contributed by atoms with Crippen LogP contribution in [-0.2, 0) is 4.79 Å². The van der Waals surface area contributed by atoms with Crippen LogP contribution >= 0.6 is 0 Å². The van der Waals surface area contributed by atoms with Crippen molar-refractivity contribution in [1.29, 1.82) is 0 Å². The summed E-state index contributed by atoms with van der Waals surface area (Å²) >= 11 is 0. The lowest BCUT2D eigenvalue weighted by Gasteiger charge is -2.41. The molecule has 0 heterocycles. The highest BCUT2D eigenvalue weighted by molar-refractivity contribution is 5.89. The Bertz CT molecular complexity index is 391. The maximum atomic E-state index is 12.0. The van der Waals surface area contributed by atoms with Crippen LogP contribution < -0.4 is 0 Å². The number of carbonyl (C=O) groups is 1. The predicted octanol–water partition coefficient (Wildman–Crippen LogP) is 1.35. The number of hydrogen-bond donors (Lipinski definition) is 3. The van der Waals surface area contributed by atoms with Gasteiger partial charge in [0.25, 0.3) is 0 Å². The zero-order valence-corrected chi connectivity index (χ0v) is 11.9. The molecule has 0 radical (unpaired) electrons. The summed E-state index contributed by atoms with van der Waals surface area (Å²) in [6.45, 7) is 9.17. The van der Waals surface area contributed by atoms with Gasteiger partial charge >= 0.3 is 0 Å². The average molecular weight is 268 g/mol. The fourth-order valence-electron chi connectivity index (χ4n) is 2.33. The van der Waals surface area contributed by atoms with E-state index in [1.165, 1.54) is 12.5 Å². The molecule has 0 spiro atoms. The second-order valence-corrected chi connectivity index (χ2v) is 5.81. The van der Waals surface area contributed by atoms with E-state index in [2.05, 4.69) is 12.7 Å². The van der Waals surface area contributed by atoms with Crippen molar-refractivity contribution >= 4 is 5.78 Å². The van der Waals surface area contributed by atoms with Gasteiger partial charge in [-0.05, 0) is 40.0 Å². The van der Waals surface area contributed by atoms with Crippen LogP contribution in [0.3, 0.4) is 0 Å². The van der Waals surface area contributed by atoms with E-state index >= 15 is 0 Å². The topological polar surface area (TPSA) is 77.8 Å². The number of Topliss-reactive ketones (excluding diaryl/α,β-unsaturated/α-hetero) is 1. The molecule has 1 aliphatic carbocycles. The Morgan fingerprint density at radius 2 is 2.05 bits per heavy atom. The van der Waals surface area contributed by atoms with Crippen molar-refractivity contribution in [3.63, 3.8) is 0 Å². The molecule has 0 unspecified atom stereocenters. The van der Waals surface area contributed by atoms with Crippen LogP contribution in [0, 0.1) is 5.92 Å². The molecule has 0 amide bonds. The fraction of sp³-hybridized carbons (Fsp3) is 0.667.